The molecule has 122 valence electrons. The molecule has 0 N–H and O–H groups in total. The van der Waals surface area contributed by atoms with Gasteiger partial charge in [0.1, 0.15) is 0 Å². The van der Waals surface area contributed by atoms with Crippen molar-refractivity contribution in [1.29, 1.82) is 0 Å². The van der Waals surface area contributed by atoms with Crippen LogP contribution in [0.4, 0.5) is 11.4 Å². The van der Waals surface area contributed by atoms with E-state index in [0.29, 0.717) is 16.5 Å². The first kappa shape index (κ1) is 15.0. The van der Waals surface area contributed by atoms with Crippen LogP contribution in [0, 0.1) is 17.0 Å². The largest absolute Gasteiger partial charge is 0.277 e. The Morgan fingerprint density at radius 3 is 2.28 bits per heavy atom. The third-order valence-electron chi connectivity index (χ3n) is 4.34. The molecule has 6 nitrogen and oxygen atoms in total. The van der Waals surface area contributed by atoms with Gasteiger partial charge < -0.3 is 0 Å². The van der Waals surface area contributed by atoms with Crippen molar-refractivity contribution in [2.45, 2.75) is 6.92 Å². The highest BCUT2D eigenvalue weighted by molar-refractivity contribution is 6.36. The summed E-state index contributed by atoms with van der Waals surface area (Å²) in [6.45, 7) is 1.88. The second-order valence-corrected chi connectivity index (χ2v) is 5.90. The van der Waals surface area contributed by atoms with E-state index in [1.807, 2.05) is 13.0 Å². The standard InChI is InChI=1S/C19H12N2O4/c1-11-4-2-5-12(10-11)20-18(22)14-7-3-6-13-16(21(24)25)9-8-15(17(13)14)19(20)23/h2-10H,1H3. The highest BCUT2D eigenvalue weighted by Gasteiger charge is 2.35. The van der Waals surface area contributed by atoms with Crippen LogP contribution in [0.15, 0.2) is 54.6 Å². The fourth-order valence-electron chi connectivity index (χ4n) is 3.24. The molecule has 4 rings (SSSR count). The summed E-state index contributed by atoms with van der Waals surface area (Å²) in [4.78, 5) is 37.8. The molecule has 0 aliphatic carbocycles. The zero-order chi connectivity index (χ0) is 17.7. The van der Waals surface area contributed by atoms with Crippen LogP contribution in [0.3, 0.4) is 0 Å². The van der Waals surface area contributed by atoms with Crippen LogP contribution in [-0.4, -0.2) is 16.7 Å². The van der Waals surface area contributed by atoms with Gasteiger partial charge in [0.25, 0.3) is 17.5 Å². The summed E-state index contributed by atoms with van der Waals surface area (Å²) >= 11 is 0. The molecular formula is C19H12N2O4. The molecule has 25 heavy (non-hydrogen) atoms. The molecule has 3 aromatic carbocycles. The Bertz CT molecular complexity index is 1070. The average Bonchev–Trinajstić information content (AvgIpc) is 2.59. The Hall–Kier alpha value is -3.54. The summed E-state index contributed by atoms with van der Waals surface area (Å²) in [5.74, 6) is -0.955. The monoisotopic (exact) mass is 332 g/mol. The Kier molecular flexibility index (Phi) is 3.15. The normalized spacial score (nSPS) is 13.4. The number of non-ortho nitro benzene ring substituents is 1. The highest BCUT2D eigenvalue weighted by atomic mass is 16.6. The van der Waals surface area contributed by atoms with Crippen molar-refractivity contribution in [3.05, 3.63) is 81.4 Å². The van der Waals surface area contributed by atoms with Crippen molar-refractivity contribution >= 4 is 34.0 Å². The van der Waals surface area contributed by atoms with E-state index in [0.717, 1.165) is 10.5 Å². The van der Waals surface area contributed by atoms with Crippen LogP contribution in [0.1, 0.15) is 26.3 Å². The average molecular weight is 332 g/mol. The number of carbonyl (C=O) groups excluding carboxylic acids is 2. The molecule has 0 saturated carbocycles. The fraction of sp³-hybridized carbons (Fsp3) is 0.0526. The van der Waals surface area contributed by atoms with Crippen LogP contribution in [-0.2, 0) is 0 Å². The smallest absolute Gasteiger partial charge is 0.268 e. The minimum Gasteiger partial charge on any atom is -0.268 e. The van der Waals surface area contributed by atoms with Crippen LogP contribution in [0.2, 0.25) is 0 Å². The van der Waals surface area contributed by atoms with Crippen molar-refractivity contribution in [3.63, 3.8) is 0 Å². The van der Waals surface area contributed by atoms with E-state index in [1.165, 1.54) is 12.1 Å². The second kappa shape index (κ2) is 5.24. The maximum absolute atomic E-state index is 12.9. The number of carbonyl (C=O) groups is 2. The number of imide groups is 1. The number of nitro groups is 1. The number of hydrogen-bond donors (Lipinski definition) is 0. The quantitative estimate of drug-likeness (QED) is 0.405. The van der Waals surface area contributed by atoms with Gasteiger partial charge in [-0.2, -0.15) is 0 Å². The summed E-state index contributed by atoms with van der Waals surface area (Å²) < 4.78 is 0. The van der Waals surface area contributed by atoms with E-state index in [4.69, 9.17) is 0 Å². The number of hydrogen-bond acceptors (Lipinski definition) is 4. The summed E-state index contributed by atoms with van der Waals surface area (Å²) in [7, 11) is 0. The van der Waals surface area contributed by atoms with Crippen molar-refractivity contribution in [1.82, 2.24) is 0 Å². The first-order chi connectivity index (χ1) is 12.0. The predicted octanol–water partition coefficient (Wildman–Crippen LogP) is 3.86. The molecule has 0 bridgehead atoms. The minimum absolute atomic E-state index is 0.120. The second-order valence-electron chi connectivity index (χ2n) is 5.90. The summed E-state index contributed by atoms with van der Waals surface area (Å²) in [6.07, 6.45) is 0. The minimum atomic E-state index is -0.509. The summed E-state index contributed by atoms with van der Waals surface area (Å²) in [5.41, 5.74) is 1.86. The van der Waals surface area contributed by atoms with Crippen molar-refractivity contribution < 1.29 is 14.5 Å². The highest BCUT2D eigenvalue weighted by Crippen LogP contribution is 2.36. The van der Waals surface area contributed by atoms with E-state index < -0.39 is 16.7 Å². The molecule has 0 spiro atoms. The molecule has 0 unspecified atom stereocenters. The van der Waals surface area contributed by atoms with E-state index in [-0.39, 0.29) is 16.8 Å². The SMILES string of the molecule is Cc1cccc(N2C(=O)c3cccc4c([N+](=O)[O-])ccc(c34)C2=O)c1. The maximum atomic E-state index is 12.9. The van der Waals surface area contributed by atoms with Crippen LogP contribution in [0.25, 0.3) is 10.8 Å². The molecule has 0 radical (unpaired) electrons. The van der Waals surface area contributed by atoms with Gasteiger partial charge in [-0.05, 0) is 42.8 Å². The molecular weight excluding hydrogens is 320 g/mol. The van der Waals surface area contributed by atoms with Crippen LogP contribution in [0.5, 0.6) is 0 Å². The Balaban J connectivity index is 2.01. The number of rotatable bonds is 2. The molecule has 2 amide bonds. The molecule has 1 heterocycles. The van der Waals surface area contributed by atoms with E-state index >= 15 is 0 Å². The van der Waals surface area contributed by atoms with Gasteiger partial charge in [-0.1, -0.05) is 18.2 Å². The number of nitrogens with zero attached hydrogens (tertiary/aromatic N) is 2. The third kappa shape index (κ3) is 2.11. The van der Waals surface area contributed by atoms with Crippen molar-refractivity contribution in [3.8, 4) is 0 Å². The summed E-state index contributed by atoms with van der Waals surface area (Å²) in [6, 6.07) is 14.6. The van der Waals surface area contributed by atoms with Crippen LogP contribution < -0.4 is 4.90 Å². The lowest BCUT2D eigenvalue weighted by molar-refractivity contribution is -0.383. The molecule has 1 aliphatic rings. The number of benzene rings is 3. The zero-order valence-corrected chi connectivity index (χ0v) is 13.2. The van der Waals surface area contributed by atoms with Gasteiger partial charge >= 0.3 is 0 Å². The molecule has 0 atom stereocenters. The van der Waals surface area contributed by atoms with Gasteiger partial charge in [0.15, 0.2) is 0 Å². The van der Waals surface area contributed by atoms with Gasteiger partial charge in [0.05, 0.1) is 16.0 Å². The van der Waals surface area contributed by atoms with E-state index in [1.54, 1.807) is 36.4 Å². The van der Waals surface area contributed by atoms with E-state index in [2.05, 4.69) is 0 Å². The van der Waals surface area contributed by atoms with Crippen LogP contribution >= 0.6 is 0 Å². The van der Waals surface area contributed by atoms with Gasteiger partial charge in [0.2, 0.25) is 0 Å². The molecule has 0 fully saturated rings. The molecule has 1 aliphatic heterocycles. The first-order valence-corrected chi connectivity index (χ1v) is 7.64. The molecule has 0 saturated heterocycles. The van der Waals surface area contributed by atoms with Gasteiger partial charge in [-0.25, -0.2) is 4.90 Å². The molecule has 0 aromatic heterocycles. The Morgan fingerprint density at radius 2 is 1.60 bits per heavy atom. The summed E-state index contributed by atoms with van der Waals surface area (Å²) in [5, 5.41) is 11.9. The van der Waals surface area contributed by atoms with E-state index in [9.17, 15) is 19.7 Å². The van der Waals surface area contributed by atoms with Gasteiger partial charge in [-0.3, -0.25) is 19.7 Å². The maximum Gasteiger partial charge on any atom is 0.277 e. The Labute approximate surface area is 142 Å². The number of aryl methyl sites for hydroxylation is 1. The number of amides is 2. The lowest BCUT2D eigenvalue weighted by Gasteiger charge is -2.27. The lowest BCUT2D eigenvalue weighted by atomic mass is 9.92. The predicted molar refractivity (Wildman–Crippen MR) is 92.9 cm³/mol. The first-order valence-electron chi connectivity index (χ1n) is 7.64. The molecule has 6 heteroatoms. The molecule has 3 aromatic rings. The van der Waals surface area contributed by atoms with Gasteiger partial charge in [0, 0.05) is 22.6 Å². The number of nitro benzene ring substituents is 1. The van der Waals surface area contributed by atoms with Crippen molar-refractivity contribution in [2.75, 3.05) is 4.90 Å². The fourth-order valence-corrected chi connectivity index (χ4v) is 3.24. The Morgan fingerprint density at radius 1 is 0.920 bits per heavy atom. The third-order valence-corrected chi connectivity index (χ3v) is 4.34. The van der Waals surface area contributed by atoms with Crippen molar-refractivity contribution in [2.24, 2.45) is 0 Å². The topological polar surface area (TPSA) is 80.5 Å². The zero-order valence-electron chi connectivity index (χ0n) is 13.2. The lowest BCUT2D eigenvalue weighted by Crippen LogP contribution is -2.40. The number of anilines is 1. The van der Waals surface area contributed by atoms with Gasteiger partial charge in [-0.15, -0.1) is 0 Å².